The van der Waals surface area contributed by atoms with Gasteiger partial charge in [-0.2, -0.15) is 0 Å². The van der Waals surface area contributed by atoms with Crippen LogP contribution in [-0.4, -0.2) is 142 Å². The number of fused-ring (bicyclic) bond motifs is 2. The Bertz CT molecular complexity index is 1870. The minimum absolute atomic E-state index is 0.0174. The number of likely N-dealkylation sites (N-methyl/N-ethyl adjacent to an activating group) is 1. The van der Waals surface area contributed by atoms with Crippen molar-refractivity contribution >= 4 is 27.4 Å². The number of carbonyl (C=O) groups excluding carboxylic acids is 3. The smallest absolute Gasteiger partial charge is 0.316 e. The summed E-state index contributed by atoms with van der Waals surface area (Å²) in [5.41, 5.74) is -1.48. The molecule has 0 radical (unpaired) electrons. The third-order valence-electron chi connectivity index (χ3n) is 12.5. The van der Waals surface area contributed by atoms with Gasteiger partial charge in [0.05, 0.1) is 41.1 Å². The number of aryl methyl sites for hydroxylation is 2. The van der Waals surface area contributed by atoms with Gasteiger partial charge >= 0.3 is 5.97 Å². The second-order valence-corrected chi connectivity index (χ2v) is 19.2. The van der Waals surface area contributed by atoms with Crippen molar-refractivity contribution in [2.24, 2.45) is 23.7 Å². The number of Topliss-reactive ketones (excluding diaryl/α,β-unsaturated/α-hetero) is 2. The third kappa shape index (κ3) is 10.1. The molecule has 4 heterocycles. The van der Waals surface area contributed by atoms with Crippen molar-refractivity contribution in [3.63, 3.8) is 0 Å². The zero-order valence-electron chi connectivity index (χ0n) is 35.1. The van der Waals surface area contributed by atoms with Crippen molar-refractivity contribution in [3.05, 3.63) is 41.7 Å². The molecule has 0 aliphatic carbocycles. The van der Waals surface area contributed by atoms with E-state index in [4.69, 9.17) is 18.9 Å². The predicted octanol–water partition coefficient (Wildman–Crippen LogP) is 1.94. The van der Waals surface area contributed by atoms with Crippen LogP contribution in [0.4, 0.5) is 0 Å². The fraction of sp³-hybridized carbons (Fsp3) is 0.732. The molecule has 324 valence electrons. The Morgan fingerprint density at radius 2 is 1.69 bits per heavy atom. The number of nitrogens with zero attached hydrogens (tertiary/aromatic N) is 4. The van der Waals surface area contributed by atoms with Crippen LogP contribution in [0.3, 0.4) is 0 Å². The SMILES string of the molecule is CC[C@H]1OC(=O)[C@H](C)C(=O)[C@H](C)[C@@H](O[C@@H]2O[C@H](C)C[C@H](N(C)CCc3cn(CCc4ccc(S(C)(=O)=O)cc4)nn3)[C@H]2O)[C@@]2(C)C[C@@H](CO2)C(=O)[C@H](C)[C@@H](O)[C@]1(C)O. The van der Waals surface area contributed by atoms with Crippen LogP contribution >= 0.6 is 0 Å². The molecule has 17 heteroatoms. The molecule has 2 bridgehead atoms. The topological polar surface area (TPSA) is 217 Å². The Morgan fingerprint density at radius 1 is 1.02 bits per heavy atom. The van der Waals surface area contributed by atoms with Gasteiger partial charge in [-0.15, -0.1) is 5.10 Å². The number of hydrogen-bond donors (Lipinski definition) is 3. The van der Waals surface area contributed by atoms with Gasteiger partial charge in [0, 0.05) is 55.8 Å². The molecule has 1 aromatic carbocycles. The molecule has 2 aromatic rings. The van der Waals surface area contributed by atoms with Crippen molar-refractivity contribution in [1.82, 2.24) is 19.9 Å². The van der Waals surface area contributed by atoms with Crippen molar-refractivity contribution < 1.29 is 57.1 Å². The van der Waals surface area contributed by atoms with Crippen LogP contribution in [0.25, 0.3) is 0 Å². The Morgan fingerprint density at radius 3 is 2.33 bits per heavy atom. The highest BCUT2D eigenvalue weighted by Crippen LogP contribution is 2.42. The van der Waals surface area contributed by atoms with Crippen LogP contribution in [0.5, 0.6) is 0 Å². The summed E-state index contributed by atoms with van der Waals surface area (Å²) in [4.78, 5) is 43.6. The standard InChI is InChI=1S/C41H62N4O12S/c1-10-32-41(7,51)36(49)24(3)34(47)28-20-40(6,54-22-28)37(25(4)33(46)26(5)38(50)56-32)57-39-35(48)31(19-23(2)55-39)44(8)17-16-29-21-45(43-42-29)18-15-27-11-13-30(14-12-27)58(9,52)53/h11-14,21,23-26,28,31-32,35-37,39,48-49,51H,10,15-20,22H2,1-9H3/t23-,24+,25+,26-,28+,31+,32-,35-,36-,37-,39+,40-,41-/m1/s1. The summed E-state index contributed by atoms with van der Waals surface area (Å²) >= 11 is 0. The number of hydrogen-bond acceptors (Lipinski definition) is 15. The maximum Gasteiger partial charge on any atom is 0.316 e. The van der Waals surface area contributed by atoms with Gasteiger partial charge < -0.3 is 39.2 Å². The molecule has 3 aliphatic heterocycles. The van der Waals surface area contributed by atoms with Crippen molar-refractivity contribution in [2.75, 3.05) is 26.5 Å². The van der Waals surface area contributed by atoms with Crippen molar-refractivity contribution in [1.29, 1.82) is 0 Å². The summed E-state index contributed by atoms with van der Waals surface area (Å²) in [6, 6.07) is 6.36. The van der Waals surface area contributed by atoms with Crippen LogP contribution in [-0.2, 0) is 62.6 Å². The molecule has 1 aromatic heterocycles. The average Bonchev–Trinajstić information content (AvgIpc) is 3.82. The number of aromatic nitrogens is 3. The normalized spacial score (nSPS) is 36.8. The Hall–Kier alpha value is -3.16. The third-order valence-corrected chi connectivity index (χ3v) is 13.6. The number of aliphatic hydroxyl groups excluding tert-OH is 2. The molecule has 0 saturated carbocycles. The number of aliphatic hydroxyl groups is 3. The summed E-state index contributed by atoms with van der Waals surface area (Å²) in [6.45, 7) is 12.2. The summed E-state index contributed by atoms with van der Waals surface area (Å²) in [6.07, 6.45) is -1.58. The number of sulfone groups is 1. The predicted molar refractivity (Wildman–Crippen MR) is 210 cm³/mol. The molecule has 0 amide bonds. The van der Waals surface area contributed by atoms with E-state index in [9.17, 15) is 38.1 Å². The van der Waals surface area contributed by atoms with Gasteiger partial charge in [-0.3, -0.25) is 19.1 Å². The zero-order valence-corrected chi connectivity index (χ0v) is 35.9. The van der Waals surface area contributed by atoms with Gasteiger partial charge in [-0.25, -0.2) is 8.42 Å². The van der Waals surface area contributed by atoms with Crippen LogP contribution in [0.2, 0.25) is 0 Å². The second kappa shape index (κ2) is 18.2. The lowest BCUT2D eigenvalue weighted by atomic mass is 9.75. The molecule has 13 atom stereocenters. The van der Waals surface area contributed by atoms with E-state index in [-0.39, 0.29) is 36.2 Å². The molecule has 3 N–H and O–H groups in total. The first kappa shape index (κ1) is 45.9. The lowest BCUT2D eigenvalue weighted by Crippen LogP contribution is -2.59. The van der Waals surface area contributed by atoms with Crippen LogP contribution in [0.15, 0.2) is 35.4 Å². The van der Waals surface area contributed by atoms with E-state index in [1.54, 1.807) is 49.7 Å². The first-order chi connectivity index (χ1) is 27.1. The quantitative estimate of drug-likeness (QED) is 0.218. The minimum Gasteiger partial charge on any atom is -0.459 e. The molecule has 5 rings (SSSR count). The monoisotopic (exact) mass is 834 g/mol. The lowest BCUT2D eigenvalue weighted by Gasteiger charge is -2.46. The largest absolute Gasteiger partial charge is 0.459 e. The summed E-state index contributed by atoms with van der Waals surface area (Å²) in [5.74, 6) is -5.71. The number of ketones is 2. The maximum atomic E-state index is 14.1. The number of esters is 1. The van der Waals surface area contributed by atoms with Crippen molar-refractivity contribution in [3.8, 4) is 0 Å². The Balaban J connectivity index is 1.29. The average molecular weight is 835 g/mol. The first-order valence-corrected chi connectivity index (χ1v) is 22.2. The highest BCUT2D eigenvalue weighted by molar-refractivity contribution is 7.90. The summed E-state index contributed by atoms with van der Waals surface area (Å²) in [7, 11) is -1.38. The van der Waals surface area contributed by atoms with E-state index in [0.717, 1.165) is 11.3 Å². The van der Waals surface area contributed by atoms with E-state index in [2.05, 4.69) is 10.3 Å². The van der Waals surface area contributed by atoms with Crippen molar-refractivity contribution in [2.45, 2.75) is 146 Å². The highest BCUT2D eigenvalue weighted by Gasteiger charge is 2.55. The van der Waals surface area contributed by atoms with E-state index in [0.29, 0.717) is 32.4 Å². The van der Waals surface area contributed by atoms with Gasteiger partial charge in [0.25, 0.3) is 0 Å². The number of cyclic esters (lactones) is 1. The Labute approximate surface area is 341 Å². The molecular formula is C41H62N4O12S. The minimum atomic E-state index is -3.27. The number of ether oxygens (including phenoxy) is 4. The zero-order chi connectivity index (χ0) is 42.9. The van der Waals surface area contributed by atoms with Gasteiger partial charge in [0.2, 0.25) is 0 Å². The fourth-order valence-electron chi connectivity index (χ4n) is 8.70. The van der Waals surface area contributed by atoms with Crippen LogP contribution in [0, 0.1) is 23.7 Å². The first-order valence-electron chi connectivity index (χ1n) is 20.3. The maximum absolute atomic E-state index is 14.1. The molecule has 0 spiro atoms. The van der Waals surface area contributed by atoms with Crippen LogP contribution in [0.1, 0.15) is 79.0 Å². The van der Waals surface area contributed by atoms with E-state index in [1.165, 1.54) is 27.0 Å². The molecule has 3 saturated heterocycles. The Kier molecular flexibility index (Phi) is 14.4. The molecule has 16 nitrogen and oxygen atoms in total. The van der Waals surface area contributed by atoms with E-state index in [1.807, 2.05) is 25.1 Å². The highest BCUT2D eigenvalue weighted by atomic mass is 32.2. The van der Waals surface area contributed by atoms with Gasteiger partial charge in [-0.1, -0.05) is 38.1 Å². The molecule has 0 unspecified atom stereocenters. The van der Waals surface area contributed by atoms with E-state index < -0.39 is 93.2 Å². The fourth-order valence-corrected chi connectivity index (χ4v) is 9.33. The summed E-state index contributed by atoms with van der Waals surface area (Å²) in [5, 5.41) is 43.0. The molecule has 3 fully saturated rings. The molecule has 3 aliphatic rings. The van der Waals surface area contributed by atoms with Gasteiger partial charge in [0.1, 0.15) is 29.5 Å². The molecule has 58 heavy (non-hydrogen) atoms. The second-order valence-electron chi connectivity index (χ2n) is 17.2. The number of benzene rings is 1. The van der Waals surface area contributed by atoms with Gasteiger partial charge in [0.15, 0.2) is 21.9 Å². The van der Waals surface area contributed by atoms with Crippen LogP contribution < -0.4 is 0 Å². The number of rotatable bonds is 11. The molecular weight excluding hydrogens is 773 g/mol. The van der Waals surface area contributed by atoms with E-state index >= 15 is 0 Å². The lowest BCUT2D eigenvalue weighted by molar-refractivity contribution is -0.293. The number of carbonyl (C=O) groups is 3. The van der Waals surface area contributed by atoms with Gasteiger partial charge in [-0.05, 0) is 78.1 Å². The summed E-state index contributed by atoms with van der Waals surface area (Å²) < 4.78 is 50.0.